The van der Waals surface area contributed by atoms with Gasteiger partial charge >= 0.3 is 10.1 Å². The van der Waals surface area contributed by atoms with Crippen molar-refractivity contribution in [3.05, 3.63) is 92.4 Å². The largest absolute Gasteiger partial charge is 0.493 e. The minimum absolute atomic E-state index is 0.0391. The number of aryl methyl sites for hydroxylation is 2. The van der Waals surface area contributed by atoms with Gasteiger partial charge in [0.2, 0.25) is 5.91 Å². The van der Waals surface area contributed by atoms with Crippen LogP contribution in [-0.4, -0.2) is 48.9 Å². The molecule has 0 aliphatic carbocycles. The van der Waals surface area contributed by atoms with Crippen molar-refractivity contribution in [2.24, 2.45) is 0 Å². The molecule has 12 nitrogen and oxygen atoms in total. The molecule has 41 heavy (non-hydrogen) atoms. The molecule has 1 fully saturated rings. The van der Waals surface area contributed by atoms with E-state index >= 15 is 0 Å². The molecule has 0 unspecified atom stereocenters. The number of nitrogens with zero attached hydrogens (tertiary/aromatic N) is 2. The second kappa shape index (κ2) is 11.8. The fourth-order valence-electron chi connectivity index (χ4n) is 3.78. The number of hydrogen-bond donors (Lipinski definition) is 1. The van der Waals surface area contributed by atoms with E-state index in [4.69, 9.17) is 8.92 Å². The van der Waals surface area contributed by atoms with Gasteiger partial charge in [-0.2, -0.15) is 8.42 Å². The highest BCUT2D eigenvalue weighted by Crippen LogP contribution is 2.36. The number of para-hydroxylation sites is 1. The second-order valence-electron chi connectivity index (χ2n) is 8.79. The maximum atomic E-state index is 12.9. The Morgan fingerprint density at radius 3 is 2.46 bits per heavy atom. The first kappa shape index (κ1) is 29.3. The predicted octanol–water partition coefficient (Wildman–Crippen LogP) is 4.66. The Bertz CT molecular complexity index is 1720. The van der Waals surface area contributed by atoms with Crippen molar-refractivity contribution in [3.8, 4) is 11.5 Å². The van der Waals surface area contributed by atoms with E-state index in [1.165, 1.54) is 43.5 Å². The van der Waals surface area contributed by atoms with Crippen LogP contribution in [0.3, 0.4) is 0 Å². The molecule has 3 amide bonds. The lowest BCUT2D eigenvalue weighted by Gasteiger charge is -2.13. The minimum atomic E-state index is -4.60. The average molecular weight is 598 g/mol. The molecule has 1 aliphatic heterocycles. The third-order valence-electron chi connectivity index (χ3n) is 5.98. The van der Waals surface area contributed by atoms with Crippen LogP contribution in [0.5, 0.6) is 11.5 Å². The molecule has 1 saturated heterocycles. The molecule has 0 spiro atoms. The lowest BCUT2D eigenvalue weighted by Crippen LogP contribution is -2.36. The van der Waals surface area contributed by atoms with Crippen molar-refractivity contribution in [2.75, 3.05) is 19.0 Å². The highest BCUT2D eigenvalue weighted by atomic mass is 32.2. The molecule has 1 aliphatic rings. The van der Waals surface area contributed by atoms with E-state index in [0.717, 1.165) is 28.2 Å². The zero-order chi connectivity index (χ0) is 29.9. The minimum Gasteiger partial charge on any atom is -0.493 e. The van der Waals surface area contributed by atoms with Crippen LogP contribution in [0.2, 0.25) is 0 Å². The van der Waals surface area contributed by atoms with Crippen molar-refractivity contribution >= 4 is 56.4 Å². The van der Waals surface area contributed by atoms with Crippen molar-refractivity contribution in [3.63, 3.8) is 0 Å². The Kier molecular flexibility index (Phi) is 8.44. The van der Waals surface area contributed by atoms with E-state index in [0.29, 0.717) is 23.0 Å². The third-order valence-corrected chi connectivity index (χ3v) is 8.17. The molecule has 0 aromatic heterocycles. The summed E-state index contributed by atoms with van der Waals surface area (Å²) in [5.41, 5.74) is 2.28. The molecular formula is C27H23N3O9S2. The molecule has 4 rings (SSSR count). The van der Waals surface area contributed by atoms with Gasteiger partial charge in [-0.3, -0.25) is 29.4 Å². The summed E-state index contributed by atoms with van der Waals surface area (Å²) < 4.78 is 35.9. The van der Waals surface area contributed by atoms with Gasteiger partial charge in [0.05, 0.1) is 16.9 Å². The molecule has 0 radical (unpaired) electrons. The first-order chi connectivity index (χ1) is 19.4. The van der Waals surface area contributed by atoms with Gasteiger partial charge in [-0.25, -0.2) is 0 Å². The SMILES string of the molecule is COc1cc(/C=C2\SC(=O)N(CC(=O)Nc3ccc(C)c(C)c3)C2=O)ccc1OS(=O)(=O)c1ccccc1[N+](=O)[O-]. The van der Waals surface area contributed by atoms with Gasteiger partial charge in [0.15, 0.2) is 16.4 Å². The van der Waals surface area contributed by atoms with Crippen LogP contribution in [0.25, 0.3) is 6.08 Å². The molecule has 3 aromatic rings. The van der Waals surface area contributed by atoms with Crippen LogP contribution >= 0.6 is 11.8 Å². The smallest absolute Gasteiger partial charge is 0.346 e. The highest BCUT2D eigenvalue weighted by Gasteiger charge is 2.36. The number of amides is 3. The van der Waals surface area contributed by atoms with Gasteiger partial charge in [0.1, 0.15) is 6.54 Å². The molecule has 212 valence electrons. The van der Waals surface area contributed by atoms with Crippen LogP contribution in [0.1, 0.15) is 16.7 Å². The van der Waals surface area contributed by atoms with Crippen LogP contribution in [0.4, 0.5) is 16.2 Å². The maximum Gasteiger partial charge on any atom is 0.346 e. The van der Waals surface area contributed by atoms with Crippen LogP contribution in [-0.2, 0) is 19.7 Å². The standard InChI is InChI=1S/C27H23N3O9S2/c1-16-8-10-19(12-17(16)2)28-25(31)15-29-26(32)23(40-27(29)33)14-18-9-11-21(22(13-18)38-3)39-41(36,37)24-7-5-4-6-20(24)30(34)35/h4-14H,15H2,1-3H3,(H,28,31)/b23-14-. The number of carbonyl (C=O) groups is 3. The summed E-state index contributed by atoms with van der Waals surface area (Å²) in [6.45, 7) is 3.35. The molecule has 1 N–H and O–H groups in total. The number of nitrogens with one attached hydrogen (secondary N) is 1. The van der Waals surface area contributed by atoms with Crippen molar-refractivity contribution in [2.45, 2.75) is 18.7 Å². The fraction of sp³-hybridized carbons (Fsp3) is 0.148. The van der Waals surface area contributed by atoms with E-state index in [-0.39, 0.29) is 16.4 Å². The Hall–Kier alpha value is -4.69. The van der Waals surface area contributed by atoms with Crippen LogP contribution in [0.15, 0.2) is 70.5 Å². The molecule has 14 heteroatoms. The van der Waals surface area contributed by atoms with E-state index in [1.54, 1.807) is 12.1 Å². The number of ether oxygens (including phenoxy) is 1. The Morgan fingerprint density at radius 2 is 1.78 bits per heavy atom. The average Bonchev–Trinajstić information content (AvgIpc) is 3.18. The fourth-order valence-corrected chi connectivity index (χ4v) is 5.72. The number of benzene rings is 3. The summed E-state index contributed by atoms with van der Waals surface area (Å²) in [7, 11) is -3.35. The maximum absolute atomic E-state index is 12.9. The van der Waals surface area contributed by atoms with E-state index < -0.39 is 49.2 Å². The molecule has 1 heterocycles. The van der Waals surface area contributed by atoms with E-state index in [9.17, 15) is 32.9 Å². The lowest BCUT2D eigenvalue weighted by molar-refractivity contribution is -0.387. The lowest BCUT2D eigenvalue weighted by atomic mass is 10.1. The number of rotatable bonds is 9. The number of methoxy groups -OCH3 is 1. The van der Waals surface area contributed by atoms with Crippen LogP contribution < -0.4 is 14.2 Å². The molecule has 0 saturated carbocycles. The molecular weight excluding hydrogens is 574 g/mol. The molecule has 0 bridgehead atoms. The summed E-state index contributed by atoms with van der Waals surface area (Å²) in [5, 5.41) is 13.3. The normalized spacial score (nSPS) is 14.3. The molecule has 0 atom stereocenters. The van der Waals surface area contributed by atoms with Gasteiger partial charge < -0.3 is 14.2 Å². The summed E-state index contributed by atoms with van der Waals surface area (Å²) in [4.78, 5) is 48.6. The van der Waals surface area contributed by atoms with Gasteiger partial charge in [0.25, 0.3) is 16.8 Å². The zero-order valence-corrected chi connectivity index (χ0v) is 23.6. The van der Waals surface area contributed by atoms with Crippen molar-refractivity contribution in [1.82, 2.24) is 4.90 Å². The monoisotopic (exact) mass is 597 g/mol. The number of nitro groups is 1. The summed E-state index contributed by atoms with van der Waals surface area (Å²) in [6.07, 6.45) is 1.38. The van der Waals surface area contributed by atoms with Gasteiger partial charge in [-0.15, -0.1) is 0 Å². The van der Waals surface area contributed by atoms with Crippen molar-refractivity contribution in [1.29, 1.82) is 0 Å². The van der Waals surface area contributed by atoms with E-state index in [1.807, 2.05) is 19.9 Å². The van der Waals surface area contributed by atoms with Gasteiger partial charge in [0, 0.05) is 11.8 Å². The first-order valence-electron chi connectivity index (χ1n) is 11.9. The van der Waals surface area contributed by atoms with Crippen molar-refractivity contribution < 1.29 is 36.6 Å². The first-order valence-corrected chi connectivity index (χ1v) is 14.1. The topological polar surface area (TPSA) is 162 Å². The quantitative estimate of drug-likeness (QED) is 0.159. The zero-order valence-electron chi connectivity index (χ0n) is 21.9. The number of anilines is 1. The Labute approximate surface area is 239 Å². The predicted molar refractivity (Wildman–Crippen MR) is 151 cm³/mol. The number of hydrogen-bond acceptors (Lipinski definition) is 10. The number of thioether (sulfide) groups is 1. The third kappa shape index (κ3) is 6.56. The number of nitro benzene ring substituents is 1. The Morgan fingerprint density at radius 1 is 1.05 bits per heavy atom. The second-order valence-corrected chi connectivity index (χ2v) is 11.3. The molecule has 3 aromatic carbocycles. The highest BCUT2D eigenvalue weighted by molar-refractivity contribution is 8.18. The van der Waals surface area contributed by atoms with Gasteiger partial charge in [-0.05, 0) is 78.7 Å². The van der Waals surface area contributed by atoms with E-state index in [2.05, 4.69) is 5.32 Å². The summed E-state index contributed by atoms with van der Waals surface area (Å²) in [5.74, 6) is -1.51. The number of carbonyl (C=O) groups excluding carboxylic acids is 3. The summed E-state index contributed by atoms with van der Waals surface area (Å²) in [6, 6.07) is 14.1. The number of imide groups is 1. The Balaban J connectivity index is 1.50. The summed E-state index contributed by atoms with van der Waals surface area (Å²) >= 11 is 0.645. The van der Waals surface area contributed by atoms with Gasteiger partial charge in [-0.1, -0.05) is 24.3 Å². The van der Waals surface area contributed by atoms with Crippen LogP contribution in [0, 0.1) is 24.0 Å².